The van der Waals surface area contributed by atoms with Crippen LogP contribution in [0.3, 0.4) is 0 Å². The summed E-state index contributed by atoms with van der Waals surface area (Å²) in [6.07, 6.45) is 4.41. The van der Waals surface area contributed by atoms with Gasteiger partial charge in [0.05, 0.1) is 38.8 Å². The molecular formula is C24H14ClN3S. The van der Waals surface area contributed by atoms with Crippen LogP contribution >= 0.6 is 23.4 Å². The van der Waals surface area contributed by atoms with Crippen molar-refractivity contribution in [3.05, 3.63) is 94.0 Å². The van der Waals surface area contributed by atoms with Gasteiger partial charge in [0.2, 0.25) is 0 Å². The maximum absolute atomic E-state index is 9.85. The van der Waals surface area contributed by atoms with E-state index in [0.29, 0.717) is 16.1 Å². The minimum atomic E-state index is 0.0206. The fourth-order valence-electron chi connectivity index (χ4n) is 4.07. The minimum absolute atomic E-state index is 0.0206. The van der Waals surface area contributed by atoms with Gasteiger partial charge >= 0.3 is 0 Å². The highest BCUT2D eigenvalue weighted by Gasteiger charge is 2.39. The van der Waals surface area contributed by atoms with E-state index in [2.05, 4.69) is 59.5 Å². The molecule has 0 bridgehead atoms. The number of fused-ring (bicyclic) bond motifs is 4. The molecule has 2 unspecified atom stereocenters. The summed E-state index contributed by atoms with van der Waals surface area (Å²) < 4.78 is 0. The van der Waals surface area contributed by atoms with Gasteiger partial charge in [0.25, 0.3) is 0 Å². The normalized spacial score (nSPS) is 18.8. The SMILES string of the molecule is N#Cc1cc(C#N)c(N2c3ccccc3SC3C=Cc4ccccc4C32)cc1Cl. The molecule has 0 fully saturated rings. The molecule has 5 rings (SSSR count). The van der Waals surface area contributed by atoms with Crippen LogP contribution < -0.4 is 4.90 Å². The van der Waals surface area contributed by atoms with Crippen molar-refractivity contribution >= 4 is 40.8 Å². The number of nitriles is 2. The summed E-state index contributed by atoms with van der Waals surface area (Å²) >= 11 is 8.23. The van der Waals surface area contributed by atoms with Gasteiger partial charge in [-0.1, -0.05) is 60.2 Å². The molecule has 2 atom stereocenters. The Bertz CT molecular complexity index is 1250. The van der Waals surface area contributed by atoms with Crippen LogP contribution in [0.2, 0.25) is 5.02 Å². The van der Waals surface area contributed by atoms with Crippen molar-refractivity contribution in [2.75, 3.05) is 4.90 Å². The van der Waals surface area contributed by atoms with Gasteiger partial charge < -0.3 is 4.90 Å². The second kappa shape index (κ2) is 7.01. The summed E-state index contributed by atoms with van der Waals surface area (Å²) in [7, 11) is 0. The van der Waals surface area contributed by atoms with E-state index in [0.717, 1.165) is 16.3 Å². The average molecular weight is 412 g/mol. The lowest BCUT2D eigenvalue weighted by Gasteiger charge is -2.44. The maximum Gasteiger partial charge on any atom is 0.101 e. The number of thioether (sulfide) groups is 1. The van der Waals surface area contributed by atoms with Crippen LogP contribution in [0.4, 0.5) is 11.4 Å². The van der Waals surface area contributed by atoms with E-state index in [1.54, 1.807) is 12.1 Å². The van der Waals surface area contributed by atoms with E-state index < -0.39 is 0 Å². The lowest BCUT2D eigenvalue weighted by atomic mass is 9.89. The fourth-order valence-corrected chi connectivity index (χ4v) is 5.56. The molecule has 1 aliphatic carbocycles. The van der Waals surface area contributed by atoms with E-state index in [1.807, 2.05) is 30.0 Å². The van der Waals surface area contributed by atoms with Gasteiger partial charge in [-0.3, -0.25) is 0 Å². The number of hydrogen-bond acceptors (Lipinski definition) is 4. The predicted octanol–water partition coefficient (Wildman–Crippen LogP) is 6.46. The molecule has 29 heavy (non-hydrogen) atoms. The number of rotatable bonds is 1. The Balaban J connectivity index is 1.80. The molecule has 1 aliphatic heterocycles. The van der Waals surface area contributed by atoms with Crippen molar-refractivity contribution < 1.29 is 0 Å². The van der Waals surface area contributed by atoms with Crippen LogP contribution in [-0.4, -0.2) is 5.25 Å². The van der Waals surface area contributed by atoms with Gasteiger partial charge in [0, 0.05) is 4.90 Å². The molecular weight excluding hydrogens is 398 g/mol. The van der Waals surface area contributed by atoms with Gasteiger partial charge in [-0.15, -0.1) is 11.8 Å². The van der Waals surface area contributed by atoms with Crippen LogP contribution in [0, 0.1) is 22.7 Å². The molecule has 0 amide bonds. The molecule has 0 radical (unpaired) electrons. The monoisotopic (exact) mass is 411 g/mol. The molecule has 0 aromatic heterocycles. The third-order valence-electron chi connectivity index (χ3n) is 5.34. The molecule has 2 aliphatic rings. The number of nitrogens with zero attached hydrogens (tertiary/aromatic N) is 3. The summed E-state index contributed by atoms with van der Waals surface area (Å²) in [5.41, 5.74) is 4.92. The van der Waals surface area contributed by atoms with E-state index in [-0.39, 0.29) is 11.3 Å². The Morgan fingerprint density at radius 3 is 2.48 bits per heavy atom. The molecule has 0 saturated heterocycles. The average Bonchev–Trinajstić information content (AvgIpc) is 2.77. The lowest BCUT2D eigenvalue weighted by molar-refractivity contribution is 0.698. The fraction of sp³-hybridized carbons (Fsp3) is 0.0833. The van der Waals surface area contributed by atoms with Gasteiger partial charge in [-0.2, -0.15) is 10.5 Å². The van der Waals surface area contributed by atoms with Crippen LogP contribution in [0.15, 0.2) is 71.6 Å². The minimum Gasteiger partial charge on any atom is -0.330 e. The number of hydrogen-bond donors (Lipinski definition) is 0. The first kappa shape index (κ1) is 17.9. The second-order valence-corrected chi connectivity index (χ2v) is 8.55. The van der Waals surface area contributed by atoms with Crippen LogP contribution in [0.5, 0.6) is 0 Å². The third-order valence-corrected chi connectivity index (χ3v) is 6.94. The number of para-hydroxylation sites is 1. The molecule has 5 heteroatoms. The van der Waals surface area contributed by atoms with Crippen LogP contribution in [0.1, 0.15) is 28.3 Å². The third kappa shape index (κ3) is 2.81. The van der Waals surface area contributed by atoms with Gasteiger partial charge in [0.15, 0.2) is 0 Å². The van der Waals surface area contributed by atoms with Crippen molar-refractivity contribution in [1.82, 2.24) is 0 Å². The topological polar surface area (TPSA) is 50.8 Å². The highest BCUT2D eigenvalue weighted by Crippen LogP contribution is 2.54. The zero-order valence-corrected chi connectivity index (χ0v) is 16.8. The predicted molar refractivity (Wildman–Crippen MR) is 117 cm³/mol. The van der Waals surface area contributed by atoms with Crippen molar-refractivity contribution in [3.8, 4) is 12.1 Å². The van der Waals surface area contributed by atoms with Crippen molar-refractivity contribution in [1.29, 1.82) is 10.5 Å². The van der Waals surface area contributed by atoms with Crippen molar-refractivity contribution in [2.24, 2.45) is 0 Å². The number of benzene rings is 3. The number of anilines is 2. The Kier molecular flexibility index (Phi) is 4.32. The van der Waals surface area contributed by atoms with E-state index >= 15 is 0 Å². The molecule has 0 saturated carbocycles. The summed E-state index contributed by atoms with van der Waals surface area (Å²) in [5.74, 6) is 0. The van der Waals surface area contributed by atoms with E-state index in [1.165, 1.54) is 11.1 Å². The number of halogens is 1. The summed E-state index contributed by atoms with van der Waals surface area (Å²) in [6, 6.07) is 24.3. The molecule has 3 aromatic carbocycles. The first-order valence-corrected chi connectivity index (χ1v) is 10.4. The Hall–Kier alpha value is -3.18. The molecule has 138 valence electrons. The Labute approximate surface area is 178 Å². The van der Waals surface area contributed by atoms with E-state index in [4.69, 9.17) is 11.6 Å². The molecule has 1 heterocycles. The second-order valence-electron chi connectivity index (χ2n) is 6.93. The molecule has 3 aromatic rings. The van der Waals surface area contributed by atoms with E-state index in [9.17, 15) is 10.5 Å². The summed E-state index contributed by atoms with van der Waals surface area (Å²) in [4.78, 5) is 3.37. The summed E-state index contributed by atoms with van der Waals surface area (Å²) in [5, 5.41) is 19.7. The van der Waals surface area contributed by atoms with Crippen LogP contribution in [-0.2, 0) is 0 Å². The first-order valence-electron chi connectivity index (χ1n) is 9.17. The standard InChI is InChI=1S/C24H14ClN3S/c25-19-12-21(17(14-27)11-16(19)13-26)28-20-7-3-4-8-22(20)29-23-10-9-15-5-1-2-6-18(15)24(23)28/h1-12,23-24H. The Morgan fingerprint density at radius 1 is 0.897 bits per heavy atom. The highest BCUT2D eigenvalue weighted by molar-refractivity contribution is 8.00. The first-order chi connectivity index (χ1) is 14.2. The zero-order valence-electron chi connectivity index (χ0n) is 15.2. The van der Waals surface area contributed by atoms with Crippen LogP contribution in [0.25, 0.3) is 6.08 Å². The van der Waals surface area contributed by atoms with Gasteiger partial charge in [-0.25, -0.2) is 0 Å². The largest absolute Gasteiger partial charge is 0.330 e. The van der Waals surface area contributed by atoms with Gasteiger partial charge in [-0.05, 0) is 35.4 Å². The molecule has 0 spiro atoms. The zero-order chi connectivity index (χ0) is 20.0. The van der Waals surface area contributed by atoms with Crippen molar-refractivity contribution in [3.63, 3.8) is 0 Å². The quantitative estimate of drug-likeness (QED) is 0.460. The molecule has 0 N–H and O–H groups in total. The summed E-state index contributed by atoms with van der Waals surface area (Å²) in [6.45, 7) is 0. The molecule has 3 nitrogen and oxygen atoms in total. The van der Waals surface area contributed by atoms with Crippen molar-refractivity contribution in [2.45, 2.75) is 16.2 Å². The smallest absolute Gasteiger partial charge is 0.101 e. The maximum atomic E-state index is 9.85. The lowest BCUT2D eigenvalue weighted by Crippen LogP contribution is -2.36. The Morgan fingerprint density at radius 2 is 1.66 bits per heavy atom. The van der Waals surface area contributed by atoms with Gasteiger partial charge in [0.1, 0.15) is 12.1 Å². The highest BCUT2D eigenvalue weighted by atomic mass is 35.5.